The second kappa shape index (κ2) is 6.70. The minimum atomic E-state index is -3.59. The van der Waals surface area contributed by atoms with Crippen LogP contribution >= 0.6 is 12.2 Å². The van der Waals surface area contributed by atoms with E-state index in [0.717, 1.165) is 5.82 Å². The summed E-state index contributed by atoms with van der Waals surface area (Å²) >= 11 is 4.76. The lowest BCUT2D eigenvalue weighted by molar-refractivity contribution is 0.578. The maximum atomic E-state index is 12.0. The van der Waals surface area contributed by atoms with E-state index in [-0.39, 0.29) is 9.88 Å². The lowest BCUT2D eigenvalue weighted by atomic mass is 10.3. The van der Waals surface area contributed by atoms with Gasteiger partial charge in [0.25, 0.3) is 0 Å². The highest BCUT2D eigenvalue weighted by Crippen LogP contribution is 2.08. The molecule has 0 aromatic carbocycles. The molecule has 0 aliphatic heterocycles. The van der Waals surface area contributed by atoms with Gasteiger partial charge in [-0.15, -0.1) is 0 Å². The topological polar surface area (TPSA) is 127 Å². The van der Waals surface area contributed by atoms with Gasteiger partial charge in [-0.3, -0.25) is 10.1 Å². The van der Waals surface area contributed by atoms with Crippen LogP contribution in [0.5, 0.6) is 0 Å². The molecule has 0 amide bonds. The zero-order valence-electron chi connectivity index (χ0n) is 11.0. The van der Waals surface area contributed by atoms with Crippen LogP contribution in [0.4, 0.5) is 0 Å². The van der Waals surface area contributed by atoms with Crippen molar-refractivity contribution in [3.63, 3.8) is 0 Å². The summed E-state index contributed by atoms with van der Waals surface area (Å²) in [6.45, 7) is 0.292. The van der Waals surface area contributed by atoms with Crippen LogP contribution < -0.4 is 10.5 Å². The van der Waals surface area contributed by atoms with E-state index in [9.17, 15) is 8.42 Å². The van der Waals surface area contributed by atoms with E-state index in [1.807, 2.05) is 0 Å². The van der Waals surface area contributed by atoms with Gasteiger partial charge in [-0.1, -0.05) is 12.2 Å². The van der Waals surface area contributed by atoms with Gasteiger partial charge >= 0.3 is 0 Å². The minimum Gasteiger partial charge on any atom is -0.388 e. The summed E-state index contributed by atoms with van der Waals surface area (Å²) in [7, 11) is -3.59. The van der Waals surface area contributed by atoms with E-state index in [1.54, 1.807) is 0 Å². The van der Waals surface area contributed by atoms with E-state index >= 15 is 0 Å². The van der Waals surface area contributed by atoms with Gasteiger partial charge in [0.15, 0.2) is 0 Å². The summed E-state index contributed by atoms with van der Waals surface area (Å²) < 4.78 is 26.5. The molecule has 0 saturated heterocycles. The highest BCUT2D eigenvalue weighted by molar-refractivity contribution is 7.89. The Kier molecular flexibility index (Phi) is 4.94. The van der Waals surface area contributed by atoms with Gasteiger partial charge in [0.1, 0.15) is 22.0 Å². The molecule has 0 radical (unpaired) electrons. The SMILES string of the molecule is NC(=S)c1ccc(S(=O)(=O)NCCCc2ncn[nH]2)cn1. The Labute approximate surface area is 127 Å². The summed E-state index contributed by atoms with van der Waals surface area (Å²) in [5, 5.41) is 6.43. The van der Waals surface area contributed by atoms with Crippen LogP contribution in [-0.4, -0.2) is 40.1 Å². The third kappa shape index (κ3) is 4.28. The van der Waals surface area contributed by atoms with Gasteiger partial charge < -0.3 is 5.73 Å². The van der Waals surface area contributed by atoms with Crippen molar-refractivity contribution in [1.82, 2.24) is 24.9 Å². The van der Waals surface area contributed by atoms with E-state index in [0.29, 0.717) is 25.1 Å². The molecule has 112 valence electrons. The van der Waals surface area contributed by atoms with E-state index in [2.05, 4.69) is 24.9 Å². The van der Waals surface area contributed by atoms with Crippen molar-refractivity contribution < 1.29 is 8.42 Å². The number of H-pyrrole nitrogens is 1. The molecule has 4 N–H and O–H groups in total. The third-order valence-corrected chi connectivity index (χ3v) is 4.30. The normalized spacial score (nSPS) is 11.4. The summed E-state index contributed by atoms with van der Waals surface area (Å²) in [5.41, 5.74) is 5.79. The molecule has 8 nitrogen and oxygen atoms in total. The fourth-order valence-electron chi connectivity index (χ4n) is 1.58. The van der Waals surface area contributed by atoms with Crippen LogP contribution in [0.2, 0.25) is 0 Å². The second-order valence-corrected chi connectivity index (χ2v) is 6.38. The highest BCUT2D eigenvalue weighted by Gasteiger charge is 2.14. The molecule has 2 rings (SSSR count). The lowest BCUT2D eigenvalue weighted by Gasteiger charge is -2.06. The molecule has 0 atom stereocenters. The monoisotopic (exact) mass is 326 g/mol. The fraction of sp³-hybridized carbons (Fsp3) is 0.273. The number of rotatable bonds is 7. The van der Waals surface area contributed by atoms with Crippen molar-refractivity contribution >= 4 is 27.2 Å². The number of pyridine rings is 1. The van der Waals surface area contributed by atoms with Crippen LogP contribution in [0.25, 0.3) is 0 Å². The third-order valence-electron chi connectivity index (χ3n) is 2.65. The molecule has 0 aliphatic rings. The first-order valence-corrected chi connectivity index (χ1v) is 7.98. The number of nitrogens with two attached hydrogens (primary N) is 1. The summed E-state index contributed by atoms with van der Waals surface area (Å²) in [4.78, 5) is 8.06. The molecule has 0 spiro atoms. The molecule has 0 unspecified atom stereocenters. The van der Waals surface area contributed by atoms with Crippen LogP contribution in [0.3, 0.4) is 0 Å². The van der Waals surface area contributed by atoms with Crippen molar-refractivity contribution in [2.75, 3.05) is 6.54 Å². The summed E-state index contributed by atoms with van der Waals surface area (Å²) in [5.74, 6) is 0.719. The van der Waals surface area contributed by atoms with Crippen molar-refractivity contribution in [3.8, 4) is 0 Å². The smallest absolute Gasteiger partial charge is 0.242 e. The van der Waals surface area contributed by atoms with Crippen LogP contribution in [0.1, 0.15) is 17.9 Å². The standard InChI is InChI=1S/C11H14N6O2S2/c12-11(20)9-4-3-8(6-13-9)21(18,19)16-5-1-2-10-14-7-15-17-10/h3-4,6-7,16H,1-2,5H2,(H2,12,20)(H,14,15,17). The van der Waals surface area contributed by atoms with Crippen molar-refractivity contribution in [2.24, 2.45) is 5.73 Å². The Morgan fingerprint density at radius 3 is 2.76 bits per heavy atom. The molecular formula is C11H14N6O2S2. The zero-order valence-corrected chi connectivity index (χ0v) is 12.6. The number of aromatic amines is 1. The molecule has 21 heavy (non-hydrogen) atoms. The number of nitrogens with zero attached hydrogens (tertiary/aromatic N) is 3. The summed E-state index contributed by atoms with van der Waals surface area (Å²) in [6, 6.07) is 2.89. The number of sulfonamides is 1. The molecule has 2 aromatic heterocycles. The van der Waals surface area contributed by atoms with Gasteiger partial charge in [0.05, 0.1) is 5.69 Å². The first kappa shape index (κ1) is 15.5. The van der Waals surface area contributed by atoms with Crippen molar-refractivity contribution in [1.29, 1.82) is 0 Å². The first-order valence-electron chi connectivity index (χ1n) is 6.09. The molecule has 2 aromatic rings. The maximum Gasteiger partial charge on any atom is 0.242 e. The first-order chi connectivity index (χ1) is 9.99. The predicted octanol–water partition coefficient (Wildman–Crippen LogP) is -0.255. The number of hydrogen-bond donors (Lipinski definition) is 3. The van der Waals surface area contributed by atoms with Gasteiger partial charge in [-0.05, 0) is 18.6 Å². The highest BCUT2D eigenvalue weighted by atomic mass is 32.2. The Balaban J connectivity index is 1.90. The van der Waals surface area contributed by atoms with E-state index in [4.69, 9.17) is 18.0 Å². The fourth-order valence-corrected chi connectivity index (χ4v) is 2.72. The molecule has 0 saturated carbocycles. The Hall–Kier alpha value is -1.91. The van der Waals surface area contributed by atoms with E-state index < -0.39 is 10.0 Å². The van der Waals surface area contributed by atoms with Gasteiger partial charge in [0.2, 0.25) is 10.0 Å². The number of aryl methyl sites for hydroxylation is 1. The molecule has 2 heterocycles. The van der Waals surface area contributed by atoms with Crippen molar-refractivity contribution in [2.45, 2.75) is 17.7 Å². The van der Waals surface area contributed by atoms with Crippen molar-refractivity contribution in [3.05, 3.63) is 36.2 Å². The Morgan fingerprint density at radius 1 is 1.38 bits per heavy atom. The second-order valence-electron chi connectivity index (χ2n) is 4.18. The predicted molar refractivity (Wildman–Crippen MR) is 80.0 cm³/mol. The molecule has 0 bridgehead atoms. The van der Waals surface area contributed by atoms with Crippen LogP contribution in [-0.2, 0) is 16.4 Å². The number of nitrogens with one attached hydrogen (secondary N) is 2. The molecule has 0 fully saturated rings. The van der Waals surface area contributed by atoms with E-state index in [1.165, 1.54) is 24.7 Å². The zero-order chi connectivity index (χ0) is 15.3. The maximum absolute atomic E-state index is 12.0. The van der Waals surface area contributed by atoms with Gasteiger partial charge in [-0.2, -0.15) is 5.10 Å². The minimum absolute atomic E-state index is 0.0714. The quantitative estimate of drug-likeness (QED) is 0.473. The number of aromatic nitrogens is 4. The molecular weight excluding hydrogens is 312 g/mol. The number of thiocarbonyl (C=S) groups is 1. The lowest BCUT2D eigenvalue weighted by Crippen LogP contribution is -2.25. The average Bonchev–Trinajstić information content (AvgIpc) is 2.97. The van der Waals surface area contributed by atoms with Gasteiger partial charge in [-0.25, -0.2) is 18.1 Å². The van der Waals surface area contributed by atoms with Gasteiger partial charge in [0, 0.05) is 19.2 Å². The van der Waals surface area contributed by atoms with Crippen LogP contribution in [0.15, 0.2) is 29.6 Å². The molecule has 0 aliphatic carbocycles. The molecule has 10 heteroatoms. The number of hydrogen-bond acceptors (Lipinski definition) is 6. The summed E-state index contributed by atoms with van der Waals surface area (Å²) in [6.07, 6.45) is 3.86. The largest absolute Gasteiger partial charge is 0.388 e. The Bertz CT molecular complexity index is 697. The van der Waals surface area contributed by atoms with Crippen LogP contribution in [0, 0.1) is 0 Å². The average molecular weight is 326 g/mol. The Morgan fingerprint density at radius 2 is 2.19 bits per heavy atom.